The summed E-state index contributed by atoms with van der Waals surface area (Å²) in [6.07, 6.45) is 0. The highest BCUT2D eigenvalue weighted by Crippen LogP contribution is 2.35. The minimum Gasteiger partial charge on any atom is -0.258 e. The predicted octanol–water partition coefficient (Wildman–Crippen LogP) is 1.97. The first-order chi connectivity index (χ1) is 15.3. The molecule has 172 valence electrons. The molecular formula is C13H8N8O12. The fraction of sp³-hybridized carbons (Fsp3) is 0.0769. The van der Waals surface area contributed by atoms with Crippen molar-refractivity contribution in [1.82, 2.24) is 0 Å². The molecule has 0 bridgehead atoms. The molecule has 0 unspecified atom stereocenters. The number of anilines is 2. The van der Waals surface area contributed by atoms with E-state index in [2.05, 4.69) is 0 Å². The highest BCUT2D eigenvalue weighted by molar-refractivity contribution is 5.68. The summed E-state index contributed by atoms with van der Waals surface area (Å²) in [6.45, 7) is -1.46. The Morgan fingerprint density at radius 2 is 0.879 bits per heavy atom. The SMILES string of the molecule is O=[N+]([O-])c1ccc(N(CN(c2ccc([N+](=O)[O-])cc2[N+](=O)[O-])[N+](=O)[O-])[N+](=O)[O-])c([N+](=O)[O-])c1. The van der Waals surface area contributed by atoms with Crippen molar-refractivity contribution in [3.05, 3.63) is 97.1 Å². The number of benzene rings is 2. The Bertz CT molecular complexity index is 1110. The van der Waals surface area contributed by atoms with E-state index in [1.165, 1.54) is 0 Å². The summed E-state index contributed by atoms with van der Waals surface area (Å²) in [5.74, 6) is 0. The molecule has 20 heteroatoms. The van der Waals surface area contributed by atoms with Crippen molar-refractivity contribution in [2.75, 3.05) is 16.7 Å². The quantitative estimate of drug-likeness (QED) is 0.274. The van der Waals surface area contributed by atoms with Crippen LogP contribution in [0.25, 0.3) is 0 Å². The average molecular weight is 468 g/mol. The first-order valence-electron chi connectivity index (χ1n) is 8.04. The van der Waals surface area contributed by atoms with Crippen LogP contribution >= 0.6 is 0 Å². The van der Waals surface area contributed by atoms with Gasteiger partial charge in [-0.1, -0.05) is 10.0 Å². The summed E-state index contributed by atoms with van der Waals surface area (Å²) >= 11 is 0. The second-order valence-electron chi connectivity index (χ2n) is 5.79. The lowest BCUT2D eigenvalue weighted by Crippen LogP contribution is -2.44. The van der Waals surface area contributed by atoms with E-state index in [1.807, 2.05) is 0 Å². The number of hydrogen-bond donors (Lipinski definition) is 0. The maximum Gasteiger partial charge on any atom is 0.305 e. The molecule has 2 aromatic rings. The second-order valence-corrected chi connectivity index (χ2v) is 5.79. The van der Waals surface area contributed by atoms with Crippen LogP contribution < -0.4 is 10.0 Å². The van der Waals surface area contributed by atoms with Gasteiger partial charge < -0.3 is 0 Å². The molecule has 0 saturated carbocycles. The molecule has 2 aromatic carbocycles. The maximum atomic E-state index is 11.5. The lowest BCUT2D eigenvalue weighted by Gasteiger charge is -2.19. The van der Waals surface area contributed by atoms with Gasteiger partial charge in [0.25, 0.3) is 11.4 Å². The Labute approximate surface area is 178 Å². The number of nitrogens with zero attached hydrogens (tertiary/aromatic N) is 8. The topological polar surface area (TPSA) is 265 Å². The Hall–Kier alpha value is -5.56. The number of nitro benzene ring substituents is 4. The van der Waals surface area contributed by atoms with Crippen LogP contribution in [0.1, 0.15) is 0 Å². The van der Waals surface area contributed by atoms with Crippen LogP contribution in [0.15, 0.2) is 36.4 Å². The molecule has 0 heterocycles. The zero-order valence-corrected chi connectivity index (χ0v) is 15.6. The van der Waals surface area contributed by atoms with Gasteiger partial charge in [0.2, 0.25) is 6.67 Å². The van der Waals surface area contributed by atoms with Crippen molar-refractivity contribution in [3.8, 4) is 0 Å². The predicted molar refractivity (Wildman–Crippen MR) is 103 cm³/mol. The van der Waals surface area contributed by atoms with Crippen molar-refractivity contribution in [2.24, 2.45) is 0 Å². The largest absolute Gasteiger partial charge is 0.305 e. The third-order valence-electron chi connectivity index (χ3n) is 3.95. The first kappa shape index (κ1) is 23.7. The molecule has 0 atom stereocenters. The summed E-state index contributed by atoms with van der Waals surface area (Å²) < 4.78 is 0. The summed E-state index contributed by atoms with van der Waals surface area (Å²) in [6, 6.07) is 3.31. The van der Waals surface area contributed by atoms with Crippen LogP contribution in [0.5, 0.6) is 0 Å². The summed E-state index contributed by atoms with van der Waals surface area (Å²) in [7, 11) is 0. The van der Waals surface area contributed by atoms with Gasteiger partial charge in [-0.15, -0.1) is 0 Å². The van der Waals surface area contributed by atoms with Gasteiger partial charge in [-0.05, 0) is 12.1 Å². The van der Waals surface area contributed by atoms with Gasteiger partial charge in [0.1, 0.15) is 0 Å². The number of non-ortho nitro benzene ring substituents is 2. The molecule has 0 amide bonds. The molecule has 0 aliphatic heterocycles. The van der Waals surface area contributed by atoms with Crippen molar-refractivity contribution < 1.29 is 29.8 Å². The van der Waals surface area contributed by atoms with Crippen LogP contribution in [-0.4, -0.2) is 36.4 Å². The standard InChI is InChI=1S/C13H8N8O12/c22-16(23)8-1-3-10(12(5-8)18(26)27)14(20(30)31)7-15(21(32)33)11-4-2-9(17(24)25)6-13(11)19(28)29/h1-6H,7H2. The van der Waals surface area contributed by atoms with Gasteiger partial charge in [0, 0.05) is 12.1 Å². The molecule has 2 rings (SSSR count). The number of hydrogen-bond acceptors (Lipinski definition) is 12. The zero-order chi connectivity index (χ0) is 25.0. The fourth-order valence-corrected chi connectivity index (χ4v) is 2.54. The molecule has 0 aromatic heterocycles. The zero-order valence-electron chi connectivity index (χ0n) is 15.6. The van der Waals surface area contributed by atoms with E-state index in [-0.39, 0.29) is 10.0 Å². The smallest absolute Gasteiger partial charge is 0.258 e. The Kier molecular flexibility index (Phi) is 6.52. The molecule has 33 heavy (non-hydrogen) atoms. The molecule has 0 N–H and O–H groups in total. The highest BCUT2D eigenvalue weighted by Gasteiger charge is 2.37. The van der Waals surface area contributed by atoms with Gasteiger partial charge in [-0.25, -0.2) is 20.2 Å². The van der Waals surface area contributed by atoms with Gasteiger partial charge >= 0.3 is 11.4 Å². The van der Waals surface area contributed by atoms with E-state index in [1.54, 1.807) is 0 Å². The monoisotopic (exact) mass is 468 g/mol. The van der Waals surface area contributed by atoms with E-state index in [0.717, 1.165) is 0 Å². The number of rotatable bonds is 10. The van der Waals surface area contributed by atoms with E-state index in [9.17, 15) is 60.7 Å². The Morgan fingerprint density at radius 1 is 0.545 bits per heavy atom. The third kappa shape index (κ3) is 4.96. The summed E-state index contributed by atoms with van der Waals surface area (Å²) in [4.78, 5) is 62.9. The average Bonchev–Trinajstić information content (AvgIpc) is 2.73. The van der Waals surface area contributed by atoms with Gasteiger partial charge in [-0.3, -0.25) is 40.5 Å². The lowest BCUT2D eigenvalue weighted by atomic mass is 10.2. The van der Waals surface area contributed by atoms with Gasteiger partial charge in [0.15, 0.2) is 21.4 Å². The molecule has 20 nitrogen and oxygen atoms in total. The molecule has 0 fully saturated rings. The van der Waals surface area contributed by atoms with Crippen LogP contribution in [-0.2, 0) is 0 Å². The van der Waals surface area contributed by atoms with Crippen molar-refractivity contribution in [1.29, 1.82) is 0 Å². The van der Waals surface area contributed by atoms with Gasteiger partial charge in [-0.2, -0.15) is 0 Å². The van der Waals surface area contributed by atoms with E-state index in [4.69, 9.17) is 0 Å². The minimum absolute atomic E-state index is 0.143. The van der Waals surface area contributed by atoms with Crippen LogP contribution in [0.3, 0.4) is 0 Å². The van der Waals surface area contributed by atoms with E-state index >= 15 is 0 Å². The maximum absolute atomic E-state index is 11.5. The summed E-state index contributed by atoms with van der Waals surface area (Å²) in [5.41, 5.74) is -5.72. The van der Waals surface area contributed by atoms with E-state index in [0.29, 0.717) is 36.4 Å². The van der Waals surface area contributed by atoms with Crippen LogP contribution in [0.4, 0.5) is 34.1 Å². The Morgan fingerprint density at radius 3 is 1.12 bits per heavy atom. The molecular weight excluding hydrogens is 460 g/mol. The fourth-order valence-electron chi connectivity index (χ4n) is 2.54. The van der Waals surface area contributed by atoms with Crippen molar-refractivity contribution in [2.45, 2.75) is 0 Å². The van der Waals surface area contributed by atoms with Crippen LogP contribution in [0, 0.1) is 60.7 Å². The van der Waals surface area contributed by atoms with Crippen molar-refractivity contribution >= 4 is 34.1 Å². The van der Waals surface area contributed by atoms with E-state index < -0.39 is 70.6 Å². The van der Waals surface area contributed by atoms with Crippen molar-refractivity contribution in [3.63, 3.8) is 0 Å². The molecule has 0 spiro atoms. The second kappa shape index (κ2) is 9.07. The normalized spacial score (nSPS) is 10.2. The van der Waals surface area contributed by atoms with Gasteiger partial charge in [0.05, 0.1) is 31.8 Å². The van der Waals surface area contributed by atoms with Crippen LogP contribution in [0.2, 0.25) is 0 Å². The highest BCUT2D eigenvalue weighted by atomic mass is 16.7. The Balaban J connectivity index is 2.65. The number of hydrazine groups is 2. The molecule has 0 aliphatic carbocycles. The molecule has 0 saturated heterocycles. The number of nitro groups is 6. The lowest BCUT2D eigenvalue weighted by molar-refractivity contribution is -0.526. The first-order valence-corrected chi connectivity index (χ1v) is 8.04. The molecule has 0 aliphatic rings. The molecule has 0 radical (unpaired) electrons. The minimum atomic E-state index is -1.46. The third-order valence-corrected chi connectivity index (χ3v) is 3.95. The summed E-state index contributed by atoms with van der Waals surface area (Å²) in [5, 5.41) is 64.4.